The largest absolute Gasteiger partial charge is 0.315 e. The zero-order chi connectivity index (χ0) is 14.8. The van der Waals surface area contributed by atoms with Crippen LogP contribution in [0.2, 0.25) is 0 Å². The Labute approximate surface area is 127 Å². The fraction of sp³-hybridized carbons (Fsp3) is 0.611. The summed E-state index contributed by atoms with van der Waals surface area (Å²) in [5.41, 5.74) is 2.33. The zero-order valence-electron chi connectivity index (χ0n) is 13.1. The molecule has 114 valence electrons. The lowest BCUT2D eigenvalue weighted by Gasteiger charge is -2.34. The van der Waals surface area contributed by atoms with Crippen LogP contribution in [0.4, 0.5) is 5.69 Å². The molecule has 0 bridgehead atoms. The number of carbonyl (C=O) groups excluding carboxylic acids is 1. The smallest absolute Gasteiger partial charge is 0.228 e. The lowest BCUT2D eigenvalue weighted by Crippen LogP contribution is -2.39. The number of rotatable bonds is 3. The number of nitrogens with zero attached hydrogens (tertiary/aromatic N) is 1. The third kappa shape index (κ3) is 3.13. The van der Waals surface area contributed by atoms with Crippen molar-refractivity contribution in [3.63, 3.8) is 0 Å². The van der Waals surface area contributed by atoms with E-state index in [0.717, 1.165) is 24.1 Å². The van der Waals surface area contributed by atoms with E-state index in [0.29, 0.717) is 6.42 Å². The van der Waals surface area contributed by atoms with Crippen molar-refractivity contribution in [2.45, 2.75) is 45.1 Å². The van der Waals surface area contributed by atoms with Gasteiger partial charge in [-0.05, 0) is 42.9 Å². The predicted molar refractivity (Wildman–Crippen MR) is 86.3 cm³/mol. The molecule has 0 spiro atoms. The molecule has 3 atom stereocenters. The minimum atomic E-state index is 0.183. The number of amides is 1. The molecule has 3 nitrogen and oxygen atoms in total. The maximum Gasteiger partial charge on any atom is 0.228 e. The van der Waals surface area contributed by atoms with Crippen LogP contribution in [0.3, 0.4) is 0 Å². The van der Waals surface area contributed by atoms with Crippen molar-refractivity contribution in [3.8, 4) is 0 Å². The van der Waals surface area contributed by atoms with Gasteiger partial charge in [0.15, 0.2) is 0 Å². The van der Waals surface area contributed by atoms with Gasteiger partial charge >= 0.3 is 0 Å². The Morgan fingerprint density at radius 1 is 1.29 bits per heavy atom. The second kappa shape index (κ2) is 6.18. The normalized spacial score (nSPS) is 29.3. The van der Waals surface area contributed by atoms with Gasteiger partial charge in [0.2, 0.25) is 5.91 Å². The highest BCUT2D eigenvalue weighted by molar-refractivity contribution is 5.96. The molecular weight excluding hydrogens is 260 g/mol. The van der Waals surface area contributed by atoms with Gasteiger partial charge in [-0.1, -0.05) is 38.0 Å². The van der Waals surface area contributed by atoms with E-state index in [9.17, 15) is 4.79 Å². The Bertz CT molecular complexity index is 514. The standard InChI is InChI=1S/C18H26N2O/c1-13-6-5-7-14(10-13)12-19-16-11-18(21)20(2)17-9-4-3-8-15(16)17/h3-4,8-9,13-14,16,19H,5-7,10-12H2,1-2H3. The third-order valence-corrected chi connectivity index (χ3v) is 5.12. The van der Waals surface area contributed by atoms with Gasteiger partial charge in [0.05, 0.1) is 0 Å². The average Bonchev–Trinajstić information content (AvgIpc) is 2.50. The number of benzene rings is 1. The summed E-state index contributed by atoms with van der Waals surface area (Å²) in [6, 6.07) is 8.46. The zero-order valence-corrected chi connectivity index (χ0v) is 13.1. The molecule has 1 saturated carbocycles. The molecule has 1 fully saturated rings. The van der Waals surface area contributed by atoms with Crippen LogP contribution < -0.4 is 10.2 Å². The van der Waals surface area contributed by atoms with Crippen LogP contribution in [-0.4, -0.2) is 19.5 Å². The molecule has 1 aromatic carbocycles. The number of para-hydroxylation sites is 1. The fourth-order valence-electron chi connectivity index (χ4n) is 3.88. The van der Waals surface area contributed by atoms with Crippen molar-refractivity contribution < 1.29 is 4.79 Å². The second-order valence-corrected chi connectivity index (χ2v) is 6.81. The molecule has 1 heterocycles. The van der Waals surface area contributed by atoms with Crippen molar-refractivity contribution in [1.82, 2.24) is 5.32 Å². The maximum absolute atomic E-state index is 12.2. The number of fused-ring (bicyclic) bond motifs is 1. The Balaban J connectivity index is 1.68. The highest BCUT2D eigenvalue weighted by Crippen LogP contribution is 2.34. The van der Waals surface area contributed by atoms with Gasteiger partial charge in [0, 0.05) is 25.2 Å². The summed E-state index contributed by atoms with van der Waals surface area (Å²) < 4.78 is 0. The van der Waals surface area contributed by atoms with Crippen LogP contribution in [0.25, 0.3) is 0 Å². The number of hydrogen-bond donors (Lipinski definition) is 1. The van der Waals surface area contributed by atoms with Crippen molar-refractivity contribution >= 4 is 11.6 Å². The first-order valence-corrected chi connectivity index (χ1v) is 8.24. The average molecular weight is 286 g/mol. The van der Waals surface area contributed by atoms with Crippen molar-refractivity contribution in [3.05, 3.63) is 29.8 Å². The van der Waals surface area contributed by atoms with Gasteiger partial charge in [-0.3, -0.25) is 4.79 Å². The molecule has 3 rings (SSSR count). The van der Waals surface area contributed by atoms with Gasteiger partial charge in [-0.25, -0.2) is 0 Å². The van der Waals surface area contributed by atoms with Gasteiger partial charge in [-0.15, -0.1) is 0 Å². The van der Waals surface area contributed by atoms with E-state index in [1.54, 1.807) is 4.90 Å². The van der Waals surface area contributed by atoms with E-state index in [4.69, 9.17) is 0 Å². The molecule has 1 aliphatic heterocycles. The molecule has 1 aliphatic carbocycles. The predicted octanol–water partition coefficient (Wildman–Crippen LogP) is 3.51. The van der Waals surface area contributed by atoms with E-state index >= 15 is 0 Å². The minimum Gasteiger partial charge on any atom is -0.315 e. The van der Waals surface area contributed by atoms with E-state index in [-0.39, 0.29) is 11.9 Å². The van der Waals surface area contributed by atoms with E-state index in [1.807, 2.05) is 19.2 Å². The minimum absolute atomic E-state index is 0.183. The van der Waals surface area contributed by atoms with Crippen LogP contribution in [0.15, 0.2) is 24.3 Å². The van der Waals surface area contributed by atoms with Gasteiger partial charge < -0.3 is 10.2 Å². The first-order valence-electron chi connectivity index (χ1n) is 8.24. The molecule has 21 heavy (non-hydrogen) atoms. The second-order valence-electron chi connectivity index (χ2n) is 6.81. The number of anilines is 1. The molecule has 1 amide bonds. The topological polar surface area (TPSA) is 32.3 Å². The Kier molecular flexibility index (Phi) is 4.29. The molecule has 1 N–H and O–H groups in total. The van der Waals surface area contributed by atoms with Crippen molar-refractivity contribution in [1.29, 1.82) is 0 Å². The van der Waals surface area contributed by atoms with E-state index in [2.05, 4.69) is 24.4 Å². The third-order valence-electron chi connectivity index (χ3n) is 5.12. The Morgan fingerprint density at radius 3 is 2.90 bits per heavy atom. The monoisotopic (exact) mass is 286 g/mol. The molecule has 0 radical (unpaired) electrons. The van der Waals surface area contributed by atoms with Gasteiger partial charge in [-0.2, -0.15) is 0 Å². The number of carbonyl (C=O) groups is 1. The first-order chi connectivity index (χ1) is 10.1. The molecule has 0 saturated heterocycles. The summed E-state index contributed by atoms with van der Waals surface area (Å²) in [5.74, 6) is 1.84. The van der Waals surface area contributed by atoms with Crippen LogP contribution in [0, 0.1) is 11.8 Å². The Morgan fingerprint density at radius 2 is 2.10 bits per heavy atom. The summed E-state index contributed by atoms with van der Waals surface area (Å²) in [5, 5.41) is 3.67. The van der Waals surface area contributed by atoms with E-state index in [1.165, 1.54) is 31.2 Å². The van der Waals surface area contributed by atoms with Gasteiger partial charge in [0.1, 0.15) is 0 Å². The first kappa shape index (κ1) is 14.6. The number of nitrogens with one attached hydrogen (secondary N) is 1. The van der Waals surface area contributed by atoms with Crippen LogP contribution in [0.5, 0.6) is 0 Å². The summed E-state index contributed by atoms with van der Waals surface area (Å²) in [7, 11) is 1.88. The highest BCUT2D eigenvalue weighted by Gasteiger charge is 2.29. The molecule has 3 unspecified atom stereocenters. The molecule has 1 aromatic rings. The van der Waals surface area contributed by atoms with Crippen LogP contribution in [-0.2, 0) is 4.79 Å². The molecular formula is C18H26N2O. The summed E-state index contributed by atoms with van der Waals surface area (Å²) in [6.07, 6.45) is 5.98. The fourth-order valence-corrected chi connectivity index (χ4v) is 3.88. The van der Waals surface area contributed by atoms with Crippen molar-refractivity contribution in [2.24, 2.45) is 11.8 Å². The summed E-state index contributed by atoms with van der Waals surface area (Å²) in [4.78, 5) is 13.9. The molecule has 0 aromatic heterocycles. The SMILES string of the molecule is CC1CCCC(CNC2CC(=O)N(C)c3ccccc32)C1. The van der Waals surface area contributed by atoms with Crippen LogP contribution >= 0.6 is 0 Å². The van der Waals surface area contributed by atoms with Crippen molar-refractivity contribution in [2.75, 3.05) is 18.5 Å². The Hall–Kier alpha value is -1.35. The van der Waals surface area contributed by atoms with Gasteiger partial charge in [0.25, 0.3) is 0 Å². The lowest BCUT2D eigenvalue weighted by molar-refractivity contribution is -0.119. The summed E-state index contributed by atoms with van der Waals surface area (Å²) >= 11 is 0. The van der Waals surface area contributed by atoms with E-state index < -0.39 is 0 Å². The molecule has 2 aliphatic rings. The molecule has 3 heteroatoms. The number of hydrogen-bond acceptors (Lipinski definition) is 2. The highest BCUT2D eigenvalue weighted by atomic mass is 16.2. The lowest BCUT2D eigenvalue weighted by atomic mass is 9.82. The quantitative estimate of drug-likeness (QED) is 0.922. The summed E-state index contributed by atoms with van der Waals surface area (Å²) in [6.45, 7) is 3.40. The maximum atomic E-state index is 12.2. The van der Waals surface area contributed by atoms with Crippen LogP contribution in [0.1, 0.15) is 50.6 Å².